The highest BCUT2D eigenvalue weighted by Gasteiger charge is 2.51. The Balaban J connectivity index is 0. The van der Waals surface area contributed by atoms with Crippen LogP contribution in [-0.2, 0) is 14.8 Å². The van der Waals surface area contributed by atoms with Crippen LogP contribution in [0.25, 0.3) is 0 Å². The van der Waals surface area contributed by atoms with Gasteiger partial charge in [-0.05, 0) is 25.7 Å². The fraction of sp³-hybridized carbons (Fsp3) is 0.933. The molecule has 170 valence electrons. The molecule has 0 saturated heterocycles. The van der Waals surface area contributed by atoms with Crippen molar-refractivity contribution in [2.75, 3.05) is 55.4 Å². The van der Waals surface area contributed by atoms with Gasteiger partial charge in [0.25, 0.3) is 0 Å². The number of carbonyl (C=O) groups is 1. The Morgan fingerprint density at radius 3 is 1.29 bits per heavy atom. The lowest BCUT2D eigenvalue weighted by molar-refractivity contribution is -0.871. The molecule has 0 unspecified atom stereocenters. The van der Waals surface area contributed by atoms with Crippen molar-refractivity contribution in [3.05, 3.63) is 0 Å². The van der Waals surface area contributed by atoms with Crippen LogP contribution in [-0.4, -0.2) is 90.4 Å². The average Bonchev–Trinajstić information content (AvgIpc) is 2.38. The smallest absolute Gasteiger partial charge is 0.331 e. The maximum absolute atomic E-state index is 11.4. The van der Waals surface area contributed by atoms with E-state index in [4.69, 9.17) is 0 Å². The predicted octanol–water partition coefficient (Wildman–Crippen LogP) is 2.47. The number of hydrogen-bond acceptors (Lipinski definition) is 3. The second-order valence-corrected chi connectivity index (χ2v) is 9.99. The molecule has 0 heterocycles. The third kappa shape index (κ3) is 15.9. The van der Waals surface area contributed by atoms with Crippen LogP contribution >= 0.6 is 0 Å². The van der Waals surface area contributed by atoms with E-state index in [1.165, 1.54) is 38.8 Å². The largest absolute Gasteiger partial charge is 0.516 e. The summed E-state index contributed by atoms with van der Waals surface area (Å²) in [5.41, 5.74) is -5.96. The highest BCUT2D eigenvalue weighted by molar-refractivity contribution is 7.90. The maximum atomic E-state index is 11.4. The van der Waals surface area contributed by atoms with Gasteiger partial charge in [0.1, 0.15) is 0 Å². The number of carbonyl (C=O) groups excluding carboxylic acids is 1. The van der Waals surface area contributed by atoms with E-state index in [2.05, 4.69) is 42.3 Å². The van der Waals surface area contributed by atoms with E-state index in [9.17, 15) is 39.6 Å². The fourth-order valence-corrected chi connectivity index (χ4v) is 2.24. The normalized spacial score (nSPS) is 13.6. The van der Waals surface area contributed by atoms with E-state index in [1.54, 1.807) is 0 Å². The predicted molar refractivity (Wildman–Crippen MR) is 93.4 cm³/mol. The summed E-state index contributed by atoms with van der Waals surface area (Å²) in [4.78, 5) is 9.81. The Hall–Kier alpha value is -1.08. The zero-order chi connectivity index (χ0) is 23.0. The Morgan fingerprint density at radius 2 is 1.07 bits per heavy atom. The lowest BCUT2D eigenvalue weighted by atomic mass is 10.1. The summed E-state index contributed by atoms with van der Waals surface area (Å²) in [5, 5.41) is 0. The molecule has 0 aliphatic heterocycles. The van der Waals surface area contributed by atoms with Crippen LogP contribution < -0.4 is 4.72 Å². The number of amides is 1. The van der Waals surface area contributed by atoms with Gasteiger partial charge in [-0.1, -0.05) is 0 Å². The van der Waals surface area contributed by atoms with Gasteiger partial charge in [-0.15, -0.1) is 0 Å². The standard InChI is InChI=1S/C12H30N2.C3HF6NO3S/c1-13(2,3)11-9-7-8-10-12-14(4,5)6;4-2(5,6)1(11)10-14(12,13)3(7,8)9/h7-12H2,1-6H3;(H,10,11)/q+2;. The van der Waals surface area contributed by atoms with Crippen LogP contribution in [0.3, 0.4) is 0 Å². The van der Waals surface area contributed by atoms with Gasteiger partial charge in [-0.25, -0.2) is 4.72 Å². The van der Waals surface area contributed by atoms with E-state index >= 15 is 0 Å². The number of nitrogens with zero attached hydrogens (tertiary/aromatic N) is 2. The van der Waals surface area contributed by atoms with Gasteiger partial charge in [0.15, 0.2) is 0 Å². The Labute approximate surface area is 162 Å². The molecule has 1 amide bonds. The Bertz CT molecular complexity index is 558. The van der Waals surface area contributed by atoms with Crippen LogP contribution in [0.1, 0.15) is 25.7 Å². The average molecular weight is 447 g/mol. The van der Waals surface area contributed by atoms with Crippen LogP contribution in [0.5, 0.6) is 0 Å². The number of unbranched alkanes of at least 4 members (excludes halogenated alkanes) is 3. The first-order valence-corrected chi connectivity index (χ1v) is 9.88. The molecule has 0 saturated carbocycles. The number of nitrogens with one attached hydrogen (secondary N) is 1. The first-order chi connectivity index (χ1) is 12.1. The van der Waals surface area contributed by atoms with Crippen molar-refractivity contribution in [2.24, 2.45) is 0 Å². The molecule has 0 aromatic heterocycles. The minimum Gasteiger partial charge on any atom is -0.331 e. The Kier molecular flexibility index (Phi) is 11.1. The molecule has 0 fully saturated rings. The molecular formula is C15H31F6N3O3S+2. The van der Waals surface area contributed by atoms with E-state index in [-0.39, 0.29) is 4.72 Å². The zero-order valence-electron chi connectivity index (χ0n) is 17.0. The van der Waals surface area contributed by atoms with Crippen LogP contribution in [0.15, 0.2) is 0 Å². The van der Waals surface area contributed by atoms with Crippen LogP contribution in [0, 0.1) is 0 Å². The van der Waals surface area contributed by atoms with Crippen molar-refractivity contribution in [1.29, 1.82) is 0 Å². The minimum atomic E-state index is -6.30. The van der Waals surface area contributed by atoms with Crippen molar-refractivity contribution in [3.63, 3.8) is 0 Å². The zero-order valence-corrected chi connectivity index (χ0v) is 17.9. The highest BCUT2D eigenvalue weighted by atomic mass is 32.2. The fourth-order valence-electron chi connectivity index (χ4n) is 1.76. The summed E-state index contributed by atoms with van der Waals surface area (Å²) in [7, 11) is 7.32. The molecule has 0 radical (unpaired) electrons. The lowest BCUT2D eigenvalue weighted by Crippen LogP contribution is -2.46. The van der Waals surface area contributed by atoms with Gasteiger partial charge in [-0.3, -0.25) is 4.79 Å². The number of quaternary nitrogens is 2. The van der Waals surface area contributed by atoms with E-state index in [1.807, 2.05) is 0 Å². The van der Waals surface area contributed by atoms with Gasteiger partial charge < -0.3 is 8.97 Å². The molecule has 0 spiro atoms. The molecular weight excluding hydrogens is 416 g/mol. The highest BCUT2D eigenvalue weighted by Crippen LogP contribution is 2.23. The number of alkyl halides is 6. The van der Waals surface area contributed by atoms with Gasteiger partial charge in [-0.2, -0.15) is 34.8 Å². The molecule has 0 aliphatic rings. The summed E-state index contributed by atoms with van der Waals surface area (Å²) < 4.78 is 90.1. The number of rotatable bonds is 8. The van der Waals surface area contributed by atoms with Gasteiger partial charge in [0.05, 0.1) is 55.4 Å². The van der Waals surface area contributed by atoms with E-state index in [0.29, 0.717) is 0 Å². The quantitative estimate of drug-likeness (QED) is 0.353. The van der Waals surface area contributed by atoms with Crippen molar-refractivity contribution in [2.45, 2.75) is 37.4 Å². The molecule has 0 aromatic rings. The molecule has 0 bridgehead atoms. The number of halogens is 6. The van der Waals surface area contributed by atoms with E-state index in [0.717, 1.165) is 8.97 Å². The van der Waals surface area contributed by atoms with Crippen molar-refractivity contribution < 1.29 is 48.5 Å². The van der Waals surface area contributed by atoms with Gasteiger partial charge >= 0.3 is 27.6 Å². The second kappa shape index (κ2) is 10.6. The third-order valence-electron chi connectivity index (χ3n) is 3.20. The summed E-state index contributed by atoms with van der Waals surface area (Å²) in [6.45, 7) is 2.62. The molecule has 0 rings (SSSR count). The summed E-state index contributed by atoms with van der Waals surface area (Å²) in [5.74, 6) is -3.20. The molecule has 1 N–H and O–H groups in total. The van der Waals surface area contributed by atoms with Gasteiger partial charge in [0, 0.05) is 0 Å². The van der Waals surface area contributed by atoms with Crippen LogP contribution in [0.2, 0.25) is 0 Å². The minimum absolute atomic E-state index is 0.181. The first kappa shape index (κ1) is 29.1. The number of hydrogen-bond donors (Lipinski definition) is 1. The first-order valence-electron chi connectivity index (χ1n) is 8.40. The summed E-state index contributed by atoms with van der Waals surface area (Å²) in [6.07, 6.45) is -0.148. The SMILES string of the molecule is C[N+](C)(C)CCCCCC[N+](C)(C)C.O=C(NS(=O)(=O)C(F)(F)F)C(F)(F)F. The third-order valence-corrected chi connectivity index (χ3v) is 4.26. The molecule has 28 heavy (non-hydrogen) atoms. The summed E-state index contributed by atoms with van der Waals surface area (Å²) >= 11 is 0. The lowest BCUT2D eigenvalue weighted by Gasteiger charge is -2.25. The van der Waals surface area contributed by atoms with Crippen molar-refractivity contribution >= 4 is 15.9 Å². The van der Waals surface area contributed by atoms with Gasteiger partial charge in [0.2, 0.25) is 0 Å². The number of sulfonamides is 1. The monoisotopic (exact) mass is 447 g/mol. The molecule has 6 nitrogen and oxygen atoms in total. The topological polar surface area (TPSA) is 63.2 Å². The Morgan fingerprint density at radius 1 is 0.750 bits per heavy atom. The summed E-state index contributed by atoms with van der Waals surface area (Å²) in [6, 6.07) is 0. The van der Waals surface area contributed by atoms with E-state index < -0.39 is 27.6 Å². The molecule has 0 aromatic carbocycles. The molecule has 0 atom stereocenters. The van der Waals surface area contributed by atoms with Crippen molar-refractivity contribution in [3.8, 4) is 0 Å². The second-order valence-electron chi connectivity index (χ2n) is 8.32. The molecule has 0 aliphatic carbocycles. The maximum Gasteiger partial charge on any atom is 0.516 e. The van der Waals surface area contributed by atoms with Crippen molar-refractivity contribution in [1.82, 2.24) is 4.72 Å². The van der Waals surface area contributed by atoms with Crippen LogP contribution in [0.4, 0.5) is 26.3 Å². The molecule has 13 heteroatoms.